The molecule has 6 heteroatoms. The summed E-state index contributed by atoms with van der Waals surface area (Å²) >= 11 is 4.92. The zero-order valence-electron chi connectivity index (χ0n) is 10.4. The summed E-state index contributed by atoms with van der Waals surface area (Å²) in [6.07, 6.45) is 1.41. The van der Waals surface area contributed by atoms with Crippen molar-refractivity contribution in [2.24, 2.45) is 17.1 Å². The van der Waals surface area contributed by atoms with E-state index in [0.717, 1.165) is 0 Å². The number of hydrogen-bond acceptors (Lipinski definition) is 4. The van der Waals surface area contributed by atoms with Gasteiger partial charge in [-0.05, 0) is 12.8 Å². The molecule has 1 aliphatic carbocycles. The van der Waals surface area contributed by atoms with Crippen LogP contribution in [0.25, 0.3) is 0 Å². The molecule has 96 valence electrons. The Morgan fingerprint density at radius 1 is 1.53 bits per heavy atom. The number of ether oxygens (including phenoxy) is 1. The second-order valence-electron chi connectivity index (χ2n) is 4.56. The van der Waals surface area contributed by atoms with E-state index in [1.165, 1.54) is 12.0 Å². The van der Waals surface area contributed by atoms with Crippen molar-refractivity contribution < 1.29 is 14.3 Å². The van der Waals surface area contributed by atoms with Crippen LogP contribution in [-0.4, -0.2) is 42.5 Å². The number of hydrogen-bond donors (Lipinski definition) is 1. The van der Waals surface area contributed by atoms with E-state index in [1.54, 1.807) is 14.0 Å². The summed E-state index contributed by atoms with van der Waals surface area (Å²) in [6.45, 7) is 2.03. The standard InChI is InChI=1S/C11H18N2O3S/c1-7(8(14)16-3)6-13(2)10(15)11(4-5-11)9(12)17/h7H,4-6H2,1-3H3,(H2,12,17). The van der Waals surface area contributed by atoms with Gasteiger partial charge in [0.1, 0.15) is 0 Å². The number of rotatable bonds is 5. The van der Waals surface area contributed by atoms with Crippen molar-refractivity contribution in [1.29, 1.82) is 0 Å². The molecule has 1 amide bonds. The summed E-state index contributed by atoms with van der Waals surface area (Å²) in [4.78, 5) is 25.1. The van der Waals surface area contributed by atoms with Gasteiger partial charge in [0, 0.05) is 13.6 Å². The summed E-state index contributed by atoms with van der Waals surface area (Å²) in [5, 5.41) is 0. The predicted octanol–water partition coefficient (Wildman–Crippen LogP) is 0.320. The molecule has 0 bridgehead atoms. The minimum atomic E-state index is -0.653. The zero-order valence-corrected chi connectivity index (χ0v) is 11.2. The smallest absolute Gasteiger partial charge is 0.310 e. The molecule has 0 radical (unpaired) electrons. The van der Waals surface area contributed by atoms with Crippen LogP contribution in [0.15, 0.2) is 0 Å². The number of carbonyl (C=O) groups excluding carboxylic acids is 2. The maximum Gasteiger partial charge on any atom is 0.310 e. The zero-order chi connectivity index (χ0) is 13.2. The lowest BCUT2D eigenvalue weighted by Crippen LogP contribution is -2.43. The molecular weight excluding hydrogens is 240 g/mol. The lowest BCUT2D eigenvalue weighted by molar-refractivity contribution is -0.146. The Kier molecular flexibility index (Phi) is 4.08. The van der Waals surface area contributed by atoms with Crippen LogP contribution < -0.4 is 5.73 Å². The fraction of sp³-hybridized carbons (Fsp3) is 0.727. The topological polar surface area (TPSA) is 72.6 Å². The van der Waals surface area contributed by atoms with E-state index in [4.69, 9.17) is 18.0 Å². The SMILES string of the molecule is COC(=O)C(C)CN(C)C(=O)C1(C(N)=S)CC1. The normalized spacial score (nSPS) is 18.1. The molecule has 0 aromatic carbocycles. The Bertz CT molecular complexity index is 353. The van der Waals surface area contributed by atoms with Gasteiger partial charge in [-0.25, -0.2) is 0 Å². The highest BCUT2D eigenvalue weighted by Crippen LogP contribution is 2.47. The molecule has 0 heterocycles. The van der Waals surface area contributed by atoms with Gasteiger partial charge in [0.05, 0.1) is 23.4 Å². The molecule has 1 atom stereocenters. The van der Waals surface area contributed by atoms with Gasteiger partial charge in [-0.3, -0.25) is 9.59 Å². The molecular formula is C11H18N2O3S. The number of amides is 1. The number of esters is 1. The summed E-state index contributed by atoms with van der Waals surface area (Å²) in [5.74, 6) is -0.776. The van der Waals surface area contributed by atoms with Crippen molar-refractivity contribution in [3.63, 3.8) is 0 Å². The molecule has 0 saturated heterocycles. The first-order chi connectivity index (χ1) is 7.85. The first-order valence-corrected chi connectivity index (χ1v) is 5.89. The van der Waals surface area contributed by atoms with Crippen molar-refractivity contribution in [3.8, 4) is 0 Å². The third-order valence-electron chi connectivity index (χ3n) is 3.13. The molecule has 1 saturated carbocycles. The van der Waals surface area contributed by atoms with E-state index in [2.05, 4.69) is 4.74 Å². The van der Waals surface area contributed by atoms with Crippen LogP contribution in [0.3, 0.4) is 0 Å². The molecule has 1 rings (SSSR count). The monoisotopic (exact) mass is 258 g/mol. The first kappa shape index (κ1) is 13.9. The van der Waals surface area contributed by atoms with Crippen molar-refractivity contribution in [3.05, 3.63) is 0 Å². The van der Waals surface area contributed by atoms with Crippen LogP contribution in [-0.2, 0) is 14.3 Å². The van der Waals surface area contributed by atoms with Crippen molar-refractivity contribution >= 4 is 29.1 Å². The van der Waals surface area contributed by atoms with Gasteiger partial charge in [0.2, 0.25) is 5.91 Å². The van der Waals surface area contributed by atoms with E-state index >= 15 is 0 Å². The van der Waals surface area contributed by atoms with Crippen LogP contribution >= 0.6 is 12.2 Å². The fourth-order valence-corrected chi connectivity index (χ4v) is 2.12. The second-order valence-corrected chi connectivity index (χ2v) is 5.00. The lowest BCUT2D eigenvalue weighted by Gasteiger charge is -2.24. The maximum absolute atomic E-state index is 12.1. The molecule has 0 spiro atoms. The number of nitrogens with two attached hydrogens (primary N) is 1. The van der Waals surface area contributed by atoms with Gasteiger partial charge in [-0.15, -0.1) is 0 Å². The lowest BCUT2D eigenvalue weighted by atomic mass is 10.0. The summed E-state index contributed by atoms with van der Waals surface area (Å²) in [6, 6.07) is 0. The Morgan fingerprint density at radius 3 is 2.41 bits per heavy atom. The molecule has 0 aromatic heterocycles. The highest BCUT2D eigenvalue weighted by molar-refractivity contribution is 7.80. The maximum atomic E-state index is 12.1. The van der Waals surface area contributed by atoms with Gasteiger partial charge in [0.15, 0.2) is 0 Å². The summed E-state index contributed by atoms with van der Waals surface area (Å²) in [7, 11) is 2.98. The van der Waals surface area contributed by atoms with Crippen LogP contribution in [0.1, 0.15) is 19.8 Å². The average Bonchev–Trinajstić information content (AvgIpc) is 3.07. The van der Waals surface area contributed by atoms with Gasteiger partial charge >= 0.3 is 5.97 Å². The Morgan fingerprint density at radius 2 is 2.06 bits per heavy atom. The van der Waals surface area contributed by atoms with E-state index in [0.29, 0.717) is 19.4 Å². The molecule has 1 fully saturated rings. The first-order valence-electron chi connectivity index (χ1n) is 5.48. The average molecular weight is 258 g/mol. The number of nitrogens with zero attached hydrogens (tertiary/aromatic N) is 1. The van der Waals surface area contributed by atoms with Gasteiger partial charge in [0.25, 0.3) is 0 Å². The largest absolute Gasteiger partial charge is 0.469 e. The molecule has 5 nitrogen and oxygen atoms in total. The highest BCUT2D eigenvalue weighted by atomic mass is 32.1. The van der Waals surface area contributed by atoms with Crippen LogP contribution in [0.5, 0.6) is 0 Å². The van der Waals surface area contributed by atoms with E-state index in [-0.39, 0.29) is 22.8 Å². The van der Waals surface area contributed by atoms with Gasteiger partial charge in [-0.2, -0.15) is 0 Å². The number of carbonyl (C=O) groups is 2. The third kappa shape index (κ3) is 2.74. The second kappa shape index (κ2) is 5.00. The predicted molar refractivity (Wildman–Crippen MR) is 67.3 cm³/mol. The van der Waals surface area contributed by atoms with E-state index in [1.807, 2.05) is 0 Å². The minimum Gasteiger partial charge on any atom is -0.469 e. The minimum absolute atomic E-state index is 0.0965. The molecule has 2 N–H and O–H groups in total. The van der Waals surface area contributed by atoms with Crippen LogP contribution in [0.2, 0.25) is 0 Å². The van der Waals surface area contributed by atoms with E-state index in [9.17, 15) is 9.59 Å². The van der Waals surface area contributed by atoms with Gasteiger partial charge in [-0.1, -0.05) is 19.1 Å². The van der Waals surface area contributed by atoms with Crippen molar-refractivity contribution in [1.82, 2.24) is 4.90 Å². The molecule has 17 heavy (non-hydrogen) atoms. The van der Waals surface area contributed by atoms with E-state index < -0.39 is 5.41 Å². The summed E-state index contributed by atoms with van der Waals surface area (Å²) in [5.41, 5.74) is 4.93. The third-order valence-corrected chi connectivity index (χ3v) is 3.52. The molecule has 0 aromatic rings. The molecule has 1 aliphatic rings. The Hall–Kier alpha value is -1.17. The molecule has 0 aliphatic heterocycles. The van der Waals surface area contributed by atoms with Crippen LogP contribution in [0, 0.1) is 11.3 Å². The fourth-order valence-electron chi connectivity index (χ4n) is 1.83. The molecule has 1 unspecified atom stereocenters. The number of methoxy groups -OCH3 is 1. The van der Waals surface area contributed by atoms with Crippen LogP contribution in [0.4, 0.5) is 0 Å². The van der Waals surface area contributed by atoms with Crippen molar-refractivity contribution in [2.75, 3.05) is 20.7 Å². The highest BCUT2D eigenvalue weighted by Gasteiger charge is 2.54. The Balaban J connectivity index is 2.60. The van der Waals surface area contributed by atoms with Gasteiger partial charge < -0.3 is 15.4 Å². The van der Waals surface area contributed by atoms with Crippen molar-refractivity contribution in [2.45, 2.75) is 19.8 Å². The number of thiocarbonyl (C=S) groups is 1. The Labute approximate surface area is 106 Å². The quantitative estimate of drug-likeness (QED) is 0.568. The summed E-state index contributed by atoms with van der Waals surface area (Å²) < 4.78 is 4.61.